The molecule has 114 valence electrons. The van der Waals surface area contributed by atoms with E-state index in [1.807, 2.05) is 0 Å². The summed E-state index contributed by atoms with van der Waals surface area (Å²) in [6.45, 7) is 0. The Hall–Kier alpha value is -2.74. The Labute approximate surface area is 140 Å². The Bertz CT molecular complexity index is 1040. The number of hydrogen-bond donors (Lipinski definition) is 0. The SMILES string of the molecule is c1ccc2nc3c(cc2c1)CC1c2nc4ccccc4cc2CC31. The zero-order chi connectivity index (χ0) is 15.7. The molecule has 2 aliphatic carbocycles. The lowest BCUT2D eigenvalue weighted by Gasteiger charge is -2.09. The fraction of sp³-hybridized carbons (Fsp3) is 0.182. The van der Waals surface area contributed by atoms with Gasteiger partial charge in [0.1, 0.15) is 0 Å². The third kappa shape index (κ3) is 1.60. The van der Waals surface area contributed by atoms with Gasteiger partial charge in [0.15, 0.2) is 0 Å². The average molecular weight is 308 g/mol. The first-order chi connectivity index (χ1) is 11.9. The Morgan fingerprint density at radius 3 is 1.58 bits per heavy atom. The van der Waals surface area contributed by atoms with Crippen molar-refractivity contribution >= 4 is 21.8 Å². The Morgan fingerprint density at radius 2 is 1.08 bits per heavy atom. The first-order valence-electron chi connectivity index (χ1n) is 8.64. The molecule has 0 bridgehead atoms. The zero-order valence-corrected chi connectivity index (χ0v) is 13.2. The number of rotatable bonds is 0. The molecule has 2 heteroatoms. The highest BCUT2D eigenvalue weighted by atomic mass is 14.8. The largest absolute Gasteiger partial charge is 0.252 e. The molecule has 2 atom stereocenters. The number of fused-ring (bicyclic) bond motifs is 7. The molecule has 0 fully saturated rings. The summed E-state index contributed by atoms with van der Waals surface area (Å²) in [6, 6.07) is 21.6. The molecular formula is C22H16N2. The lowest BCUT2D eigenvalue weighted by Crippen LogP contribution is -2.01. The molecule has 2 unspecified atom stereocenters. The van der Waals surface area contributed by atoms with Gasteiger partial charge in [-0.25, -0.2) is 0 Å². The Kier molecular flexibility index (Phi) is 2.33. The van der Waals surface area contributed by atoms with E-state index in [9.17, 15) is 0 Å². The molecule has 2 aromatic heterocycles. The van der Waals surface area contributed by atoms with Crippen molar-refractivity contribution in [2.24, 2.45) is 0 Å². The van der Waals surface area contributed by atoms with Crippen LogP contribution >= 0.6 is 0 Å². The highest BCUT2D eigenvalue weighted by Crippen LogP contribution is 2.51. The molecule has 0 N–H and O–H groups in total. The van der Waals surface area contributed by atoms with E-state index in [1.165, 1.54) is 33.3 Å². The standard InChI is InChI=1S/C22H16N2/c1-3-7-19-13(5-1)9-15-11-17-18(21(15)23-19)12-16-10-14-6-2-4-8-20(14)24-22(16)17/h1-10,17-18H,11-12H2. The first-order valence-corrected chi connectivity index (χ1v) is 8.64. The predicted molar refractivity (Wildman–Crippen MR) is 96.4 cm³/mol. The molecule has 0 spiro atoms. The molecule has 4 aromatic rings. The minimum absolute atomic E-state index is 0.504. The van der Waals surface area contributed by atoms with Gasteiger partial charge in [-0.2, -0.15) is 0 Å². The summed E-state index contributed by atoms with van der Waals surface area (Å²) in [6.07, 6.45) is 2.16. The van der Waals surface area contributed by atoms with Crippen molar-refractivity contribution in [1.82, 2.24) is 9.97 Å². The highest BCUT2D eigenvalue weighted by Gasteiger charge is 2.42. The average Bonchev–Trinajstić information content (AvgIpc) is 3.13. The fourth-order valence-electron chi connectivity index (χ4n) is 4.65. The van der Waals surface area contributed by atoms with Crippen molar-refractivity contribution < 1.29 is 0 Å². The van der Waals surface area contributed by atoms with Gasteiger partial charge in [-0.15, -0.1) is 0 Å². The molecule has 2 aliphatic rings. The van der Waals surface area contributed by atoms with Crippen LogP contribution < -0.4 is 0 Å². The van der Waals surface area contributed by atoms with Gasteiger partial charge in [-0.1, -0.05) is 36.4 Å². The Morgan fingerprint density at radius 1 is 0.625 bits per heavy atom. The molecule has 0 aliphatic heterocycles. The summed E-state index contributed by atoms with van der Waals surface area (Å²) in [7, 11) is 0. The van der Waals surface area contributed by atoms with Crippen LogP contribution in [0.5, 0.6) is 0 Å². The van der Waals surface area contributed by atoms with Crippen LogP contribution in [0.25, 0.3) is 21.8 Å². The van der Waals surface area contributed by atoms with Crippen molar-refractivity contribution in [1.29, 1.82) is 0 Å². The van der Waals surface area contributed by atoms with Crippen molar-refractivity contribution in [3.05, 3.63) is 83.2 Å². The van der Waals surface area contributed by atoms with E-state index >= 15 is 0 Å². The van der Waals surface area contributed by atoms with Gasteiger partial charge >= 0.3 is 0 Å². The van der Waals surface area contributed by atoms with E-state index in [1.54, 1.807) is 0 Å². The molecule has 2 heterocycles. The van der Waals surface area contributed by atoms with E-state index in [-0.39, 0.29) is 0 Å². The van der Waals surface area contributed by atoms with Gasteiger partial charge in [0.25, 0.3) is 0 Å². The minimum atomic E-state index is 0.504. The minimum Gasteiger partial charge on any atom is -0.252 e. The van der Waals surface area contributed by atoms with Crippen LogP contribution in [-0.4, -0.2) is 9.97 Å². The number of pyridine rings is 2. The molecular weight excluding hydrogens is 292 g/mol. The van der Waals surface area contributed by atoms with Gasteiger partial charge in [0.05, 0.1) is 11.0 Å². The second kappa shape index (κ2) is 4.41. The van der Waals surface area contributed by atoms with Crippen LogP contribution in [-0.2, 0) is 12.8 Å². The van der Waals surface area contributed by atoms with Crippen LogP contribution in [0.1, 0.15) is 34.4 Å². The van der Waals surface area contributed by atoms with E-state index in [0.29, 0.717) is 11.8 Å². The smallest absolute Gasteiger partial charge is 0.0705 e. The van der Waals surface area contributed by atoms with E-state index in [0.717, 1.165) is 23.9 Å². The van der Waals surface area contributed by atoms with Crippen LogP contribution in [0.2, 0.25) is 0 Å². The van der Waals surface area contributed by atoms with Gasteiger partial charge in [-0.3, -0.25) is 9.97 Å². The summed E-state index contributed by atoms with van der Waals surface area (Å²) < 4.78 is 0. The monoisotopic (exact) mass is 308 g/mol. The van der Waals surface area contributed by atoms with Crippen LogP contribution in [0.15, 0.2) is 60.7 Å². The van der Waals surface area contributed by atoms with Crippen molar-refractivity contribution in [2.45, 2.75) is 24.7 Å². The summed E-state index contributed by atoms with van der Waals surface area (Å²) in [5, 5.41) is 2.51. The second-order valence-corrected chi connectivity index (χ2v) is 7.07. The molecule has 0 radical (unpaired) electrons. The summed E-state index contributed by atoms with van der Waals surface area (Å²) >= 11 is 0. The number of nitrogens with zero attached hydrogens (tertiary/aromatic N) is 2. The lowest BCUT2D eigenvalue weighted by atomic mass is 9.98. The molecule has 24 heavy (non-hydrogen) atoms. The molecule has 0 saturated carbocycles. The fourth-order valence-corrected chi connectivity index (χ4v) is 4.65. The highest BCUT2D eigenvalue weighted by molar-refractivity contribution is 5.81. The van der Waals surface area contributed by atoms with Crippen molar-refractivity contribution in [3.8, 4) is 0 Å². The summed E-state index contributed by atoms with van der Waals surface area (Å²) in [4.78, 5) is 10.0. The van der Waals surface area contributed by atoms with Gasteiger partial charge in [0, 0.05) is 34.0 Å². The maximum Gasteiger partial charge on any atom is 0.0705 e. The molecule has 2 nitrogen and oxygen atoms in total. The number of hydrogen-bond acceptors (Lipinski definition) is 2. The molecule has 0 amide bonds. The number of aromatic nitrogens is 2. The van der Waals surface area contributed by atoms with Crippen molar-refractivity contribution in [2.75, 3.05) is 0 Å². The number of benzene rings is 2. The zero-order valence-electron chi connectivity index (χ0n) is 13.2. The van der Waals surface area contributed by atoms with Gasteiger partial charge in [-0.05, 0) is 48.2 Å². The summed E-state index contributed by atoms with van der Waals surface area (Å²) in [5.41, 5.74) is 7.69. The van der Waals surface area contributed by atoms with E-state index in [2.05, 4.69) is 60.7 Å². The maximum atomic E-state index is 5.02. The normalized spacial score (nSPS) is 21.0. The van der Waals surface area contributed by atoms with Crippen LogP contribution in [0, 0.1) is 0 Å². The number of para-hydroxylation sites is 2. The Balaban J connectivity index is 1.53. The molecule has 6 rings (SSSR count). The predicted octanol–water partition coefficient (Wildman–Crippen LogP) is 4.76. The maximum absolute atomic E-state index is 5.02. The summed E-state index contributed by atoms with van der Waals surface area (Å²) in [5.74, 6) is 1.01. The van der Waals surface area contributed by atoms with Gasteiger partial charge < -0.3 is 0 Å². The third-order valence-electron chi connectivity index (χ3n) is 5.74. The van der Waals surface area contributed by atoms with Crippen LogP contribution in [0.4, 0.5) is 0 Å². The quantitative estimate of drug-likeness (QED) is 0.468. The molecule has 2 aromatic carbocycles. The van der Waals surface area contributed by atoms with Gasteiger partial charge in [0.2, 0.25) is 0 Å². The third-order valence-corrected chi connectivity index (χ3v) is 5.74. The topological polar surface area (TPSA) is 25.8 Å². The first kappa shape index (κ1) is 12.7. The van der Waals surface area contributed by atoms with Crippen molar-refractivity contribution in [3.63, 3.8) is 0 Å². The molecule has 0 saturated heterocycles. The lowest BCUT2D eigenvalue weighted by molar-refractivity contribution is 0.615. The van der Waals surface area contributed by atoms with E-state index < -0.39 is 0 Å². The second-order valence-electron chi connectivity index (χ2n) is 7.07. The van der Waals surface area contributed by atoms with E-state index in [4.69, 9.17) is 9.97 Å². The van der Waals surface area contributed by atoms with Crippen LogP contribution in [0.3, 0.4) is 0 Å².